The highest BCUT2D eigenvalue weighted by molar-refractivity contribution is 9.10. The first kappa shape index (κ1) is 12.7. The molecule has 2 aromatic rings. The summed E-state index contributed by atoms with van der Waals surface area (Å²) >= 11 is 9.09. The van der Waals surface area contributed by atoms with E-state index in [4.69, 9.17) is 16.7 Å². The van der Waals surface area contributed by atoms with Crippen LogP contribution in [-0.2, 0) is 0 Å². The highest BCUT2D eigenvalue weighted by Crippen LogP contribution is 2.24. The molecule has 0 unspecified atom stereocenters. The van der Waals surface area contributed by atoms with Crippen LogP contribution in [0, 0.1) is 0 Å². The molecule has 0 atom stereocenters. The number of benzene rings is 1. The lowest BCUT2D eigenvalue weighted by Gasteiger charge is -2.00. The molecule has 1 N–H and O–H groups in total. The summed E-state index contributed by atoms with van der Waals surface area (Å²) < 4.78 is 5.15. The summed E-state index contributed by atoms with van der Waals surface area (Å²) in [5.74, 6) is -1.03. The number of hydrogen-bond acceptors (Lipinski definition) is 5. The molecule has 0 spiro atoms. The van der Waals surface area contributed by atoms with Crippen molar-refractivity contribution >= 4 is 60.1 Å². The Labute approximate surface area is 117 Å². The minimum absolute atomic E-state index is 0.127. The maximum absolute atomic E-state index is 11.0. The van der Waals surface area contributed by atoms with E-state index in [0.717, 1.165) is 4.47 Å². The molecule has 0 radical (unpaired) electrons. The summed E-state index contributed by atoms with van der Waals surface area (Å²) in [5.41, 5.74) is 0.480. The van der Waals surface area contributed by atoms with Gasteiger partial charge in [-0.2, -0.15) is 4.37 Å². The Bertz CT molecular complexity index is 638. The maximum Gasteiger partial charge on any atom is 0.337 e. The standard InChI is InChI=1S/C9H4BrClN2O2S2/c10-4-1-2-5(9(14)15)6(3-4)12-8-7(11)13-17-16-8/h1-3H,(H,14,15). The van der Waals surface area contributed by atoms with Gasteiger partial charge in [0.05, 0.1) is 11.3 Å². The van der Waals surface area contributed by atoms with Gasteiger partial charge in [0.15, 0.2) is 9.82 Å². The Hall–Kier alpha value is -0.760. The van der Waals surface area contributed by atoms with Crippen molar-refractivity contribution in [1.29, 1.82) is 0 Å². The monoisotopic (exact) mass is 350 g/mol. The molecule has 1 aromatic heterocycles. The summed E-state index contributed by atoms with van der Waals surface area (Å²) in [6, 6.07) is 4.77. The summed E-state index contributed by atoms with van der Waals surface area (Å²) in [5, 5.41) is 9.32. The van der Waals surface area contributed by atoms with E-state index in [0.29, 0.717) is 10.4 Å². The quantitative estimate of drug-likeness (QED) is 0.842. The van der Waals surface area contributed by atoms with E-state index in [9.17, 15) is 4.79 Å². The number of rotatable bonds is 2. The highest BCUT2D eigenvalue weighted by Gasteiger charge is 2.10. The van der Waals surface area contributed by atoms with Crippen molar-refractivity contribution in [1.82, 2.24) is 4.37 Å². The van der Waals surface area contributed by atoms with Gasteiger partial charge in [-0.1, -0.05) is 27.5 Å². The summed E-state index contributed by atoms with van der Waals surface area (Å²) in [7, 11) is 2.51. The first-order valence-electron chi connectivity index (χ1n) is 4.27. The number of aromatic nitrogens is 1. The van der Waals surface area contributed by atoms with Crippen LogP contribution in [0.2, 0.25) is 5.15 Å². The molecule has 0 aliphatic rings. The largest absolute Gasteiger partial charge is 0.478 e. The smallest absolute Gasteiger partial charge is 0.337 e. The van der Waals surface area contributed by atoms with Gasteiger partial charge in [0.2, 0.25) is 0 Å². The molecule has 88 valence electrons. The SMILES string of the molecule is O=C(O)c1ccc(Br)cc1N=c1ssnc1Cl. The minimum atomic E-state index is -1.03. The third kappa shape index (κ3) is 2.92. The Morgan fingerprint density at radius 1 is 1.53 bits per heavy atom. The fourth-order valence-electron chi connectivity index (χ4n) is 1.11. The summed E-state index contributed by atoms with van der Waals surface area (Å²) in [4.78, 5) is 15.2. The number of carbonyl (C=O) groups is 1. The van der Waals surface area contributed by atoms with Crippen LogP contribution in [0.25, 0.3) is 0 Å². The second-order valence-corrected chi connectivity index (χ2v) is 6.03. The van der Waals surface area contributed by atoms with Gasteiger partial charge in [-0.15, -0.1) is 0 Å². The van der Waals surface area contributed by atoms with Crippen LogP contribution in [-0.4, -0.2) is 15.4 Å². The topological polar surface area (TPSA) is 62.5 Å². The van der Waals surface area contributed by atoms with E-state index in [1.165, 1.54) is 26.9 Å². The summed E-state index contributed by atoms with van der Waals surface area (Å²) in [6.45, 7) is 0. The Kier molecular flexibility index (Phi) is 3.93. The van der Waals surface area contributed by atoms with Crippen molar-refractivity contribution in [3.8, 4) is 0 Å². The van der Waals surface area contributed by atoms with E-state index >= 15 is 0 Å². The molecule has 4 nitrogen and oxygen atoms in total. The Balaban J connectivity index is 2.63. The summed E-state index contributed by atoms with van der Waals surface area (Å²) in [6.07, 6.45) is 0. The van der Waals surface area contributed by atoms with E-state index in [2.05, 4.69) is 25.3 Å². The third-order valence-corrected chi connectivity index (χ3v) is 4.49. The molecule has 8 heteroatoms. The van der Waals surface area contributed by atoms with E-state index in [1.807, 2.05) is 0 Å². The molecule has 1 heterocycles. The fraction of sp³-hybridized carbons (Fsp3) is 0. The molecular formula is C9H4BrClN2O2S2. The van der Waals surface area contributed by atoms with Crippen LogP contribution in [0.5, 0.6) is 0 Å². The van der Waals surface area contributed by atoms with E-state index in [-0.39, 0.29) is 10.7 Å². The first-order chi connectivity index (χ1) is 8.08. The normalized spacial score (nSPS) is 11.8. The number of carboxylic acids is 1. The molecule has 17 heavy (non-hydrogen) atoms. The average Bonchev–Trinajstić information content (AvgIpc) is 2.64. The second kappa shape index (κ2) is 5.26. The van der Waals surface area contributed by atoms with Crippen molar-refractivity contribution in [2.45, 2.75) is 0 Å². The van der Waals surface area contributed by atoms with Crippen molar-refractivity contribution in [2.24, 2.45) is 4.99 Å². The predicted octanol–water partition coefficient (Wildman–Crippen LogP) is 3.55. The molecule has 0 amide bonds. The number of aromatic carboxylic acids is 1. The fourth-order valence-corrected chi connectivity index (χ4v) is 3.45. The number of halogens is 2. The van der Waals surface area contributed by atoms with Gasteiger partial charge in [0.25, 0.3) is 0 Å². The van der Waals surface area contributed by atoms with E-state index in [1.54, 1.807) is 12.1 Å². The van der Waals surface area contributed by atoms with Crippen molar-refractivity contribution in [3.63, 3.8) is 0 Å². The Morgan fingerprint density at radius 2 is 2.29 bits per heavy atom. The van der Waals surface area contributed by atoms with Crippen LogP contribution in [0.15, 0.2) is 27.7 Å². The third-order valence-electron chi connectivity index (χ3n) is 1.82. The zero-order chi connectivity index (χ0) is 12.4. The van der Waals surface area contributed by atoms with Crippen LogP contribution < -0.4 is 4.67 Å². The van der Waals surface area contributed by atoms with Gasteiger partial charge in [-0.05, 0) is 28.5 Å². The molecule has 0 bridgehead atoms. The van der Waals surface area contributed by atoms with Gasteiger partial charge in [-0.3, -0.25) is 0 Å². The zero-order valence-corrected chi connectivity index (χ0v) is 12.0. The second-order valence-electron chi connectivity index (χ2n) is 2.92. The first-order valence-corrected chi connectivity index (χ1v) is 7.55. The lowest BCUT2D eigenvalue weighted by atomic mass is 10.2. The predicted molar refractivity (Wildman–Crippen MR) is 71.3 cm³/mol. The zero-order valence-electron chi connectivity index (χ0n) is 8.05. The lowest BCUT2D eigenvalue weighted by molar-refractivity contribution is 0.0698. The molecular weight excluding hydrogens is 348 g/mol. The number of hydrogen-bond donors (Lipinski definition) is 1. The molecule has 0 saturated heterocycles. The lowest BCUT2D eigenvalue weighted by Crippen LogP contribution is -1.99. The van der Waals surface area contributed by atoms with Gasteiger partial charge in [0.1, 0.15) is 0 Å². The molecule has 0 aliphatic heterocycles. The molecule has 0 aliphatic carbocycles. The average molecular weight is 352 g/mol. The minimum Gasteiger partial charge on any atom is -0.478 e. The van der Waals surface area contributed by atoms with Gasteiger partial charge < -0.3 is 5.11 Å². The van der Waals surface area contributed by atoms with Crippen molar-refractivity contribution in [3.05, 3.63) is 38.1 Å². The highest BCUT2D eigenvalue weighted by atomic mass is 79.9. The van der Waals surface area contributed by atoms with Crippen LogP contribution in [0.4, 0.5) is 5.69 Å². The number of nitrogens with zero attached hydrogens (tertiary/aromatic N) is 2. The van der Waals surface area contributed by atoms with Crippen LogP contribution >= 0.6 is 48.4 Å². The van der Waals surface area contributed by atoms with Gasteiger partial charge in [0, 0.05) is 15.0 Å². The Morgan fingerprint density at radius 3 is 2.88 bits per heavy atom. The van der Waals surface area contributed by atoms with E-state index < -0.39 is 5.97 Å². The number of carboxylic acid groups (broad SMARTS) is 1. The van der Waals surface area contributed by atoms with Crippen LogP contribution in [0.1, 0.15) is 10.4 Å². The van der Waals surface area contributed by atoms with Crippen molar-refractivity contribution in [2.75, 3.05) is 0 Å². The maximum atomic E-state index is 11.0. The van der Waals surface area contributed by atoms with Gasteiger partial charge in [-0.25, -0.2) is 9.79 Å². The van der Waals surface area contributed by atoms with Gasteiger partial charge >= 0.3 is 5.97 Å². The van der Waals surface area contributed by atoms with Crippen molar-refractivity contribution < 1.29 is 9.90 Å². The molecule has 0 fully saturated rings. The molecule has 0 saturated carbocycles. The molecule has 2 rings (SSSR count). The van der Waals surface area contributed by atoms with Crippen LogP contribution in [0.3, 0.4) is 0 Å². The molecule has 1 aromatic carbocycles.